The lowest BCUT2D eigenvalue weighted by Gasteiger charge is -2.20. The van der Waals surface area contributed by atoms with Gasteiger partial charge in [-0.15, -0.1) is 0 Å². The van der Waals surface area contributed by atoms with Gasteiger partial charge in [0.1, 0.15) is 0 Å². The summed E-state index contributed by atoms with van der Waals surface area (Å²) < 4.78 is 23.6. The van der Waals surface area contributed by atoms with Crippen molar-refractivity contribution in [2.75, 3.05) is 13.6 Å². The zero-order valence-electron chi connectivity index (χ0n) is 11.8. The molecule has 0 radical (unpaired) electrons. The van der Waals surface area contributed by atoms with E-state index in [-0.39, 0.29) is 10.8 Å². The van der Waals surface area contributed by atoms with Crippen molar-refractivity contribution >= 4 is 41.6 Å². The van der Waals surface area contributed by atoms with E-state index in [0.717, 1.165) is 0 Å². The van der Waals surface area contributed by atoms with Crippen LogP contribution in [-0.4, -0.2) is 32.8 Å². The van der Waals surface area contributed by atoms with Crippen LogP contribution in [0.2, 0.25) is 0 Å². The maximum Gasteiger partial charge on any atom is 0.261 e. The van der Waals surface area contributed by atoms with Gasteiger partial charge in [-0.05, 0) is 30.5 Å². The molecule has 0 saturated carbocycles. The molecule has 0 saturated heterocycles. The molecule has 0 fully saturated rings. The lowest BCUT2D eigenvalue weighted by molar-refractivity contribution is 0.0779. The van der Waals surface area contributed by atoms with E-state index in [1.807, 2.05) is 13.8 Å². The fraction of sp³-hybridized carbons (Fsp3) is 0.462. The summed E-state index contributed by atoms with van der Waals surface area (Å²) in [5, 5.41) is 0. The number of hydrogen-bond acceptors (Lipinski definition) is 3. The quantitative estimate of drug-likeness (QED) is 0.750. The molecule has 0 heterocycles. The molecule has 0 aliphatic heterocycles. The van der Waals surface area contributed by atoms with Crippen molar-refractivity contribution in [3.8, 4) is 0 Å². The molecule has 0 atom stereocenters. The van der Waals surface area contributed by atoms with E-state index in [4.69, 9.17) is 10.7 Å². The van der Waals surface area contributed by atoms with Crippen LogP contribution in [0.4, 0.5) is 0 Å². The van der Waals surface area contributed by atoms with Crippen LogP contribution in [0.3, 0.4) is 0 Å². The van der Waals surface area contributed by atoms with Crippen molar-refractivity contribution in [3.05, 3.63) is 27.7 Å². The van der Waals surface area contributed by atoms with Gasteiger partial charge >= 0.3 is 0 Å². The van der Waals surface area contributed by atoms with Crippen LogP contribution in [-0.2, 0) is 9.05 Å². The molecule has 1 amide bonds. The molecule has 1 rings (SSSR count). The number of nitrogens with zero attached hydrogens (tertiary/aromatic N) is 1. The summed E-state index contributed by atoms with van der Waals surface area (Å²) in [6, 6.07) is 2.93. The maximum atomic E-state index is 12.3. The van der Waals surface area contributed by atoms with Crippen molar-refractivity contribution in [1.29, 1.82) is 0 Å². The van der Waals surface area contributed by atoms with Crippen LogP contribution in [0.1, 0.15) is 29.8 Å². The summed E-state index contributed by atoms with van der Waals surface area (Å²) in [5.41, 5.74) is 0.785. The second-order valence-electron chi connectivity index (χ2n) is 5.10. The molecule has 0 N–H and O–H groups in total. The highest BCUT2D eigenvalue weighted by Crippen LogP contribution is 2.28. The van der Waals surface area contributed by atoms with Gasteiger partial charge in [0.2, 0.25) is 0 Å². The van der Waals surface area contributed by atoms with Crippen LogP contribution < -0.4 is 0 Å². The molecule has 1 aromatic carbocycles. The molecule has 112 valence electrons. The molecule has 0 aromatic heterocycles. The Labute approximate surface area is 132 Å². The van der Waals surface area contributed by atoms with Gasteiger partial charge in [0.15, 0.2) is 0 Å². The summed E-state index contributed by atoms with van der Waals surface area (Å²) in [7, 11) is 3.20. The summed E-state index contributed by atoms with van der Waals surface area (Å²) in [6.45, 7) is 6.23. The Morgan fingerprint density at radius 3 is 2.40 bits per heavy atom. The van der Waals surface area contributed by atoms with Gasteiger partial charge in [0, 0.05) is 34.3 Å². The van der Waals surface area contributed by atoms with E-state index in [2.05, 4.69) is 15.9 Å². The second kappa shape index (κ2) is 6.45. The Morgan fingerprint density at radius 2 is 1.95 bits per heavy atom. The fourth-order valence-electron chi connectivity index (χ4n) is 1.88. The van der Waals surface area contributed by atoms with E-state index in [9.17, 15) is 13.2 Å². The van der Waals surface area contributed by atoms with Gasteiger partial charge in [-0.3, -0.25) is 4.79 Å². The third-order valence-corrected chi connectivity index (χ3v) is 5.06. The highest BCUT2D eigenvalue weighted by atomic mass is 79.9. The summed E-state index contributed by atoms with van der Waals surface area (Å²) in [4.78, 5) is 13.8. The van der Waals surface area contributed by atoms with Gasteiger partial charge in [-0.2, -0.15) is 0 Å². The minimum absolute atomic E-state index is 0.0464. The van der Waals surface area contributed by atoms with Crippen LogP contribution in [0.5, 0.6) is 0 Å². The van der Waals surface area contributed by atoms with Crippen molar-refractivity contribution in [2.45, 2.75) is 25.7 Å². The van der Waals surface area contributed by atoms with Gasteiger partial charge < -0.3 is 4.90 Å². The molecule has 1 aromatic rings. The molecule has 0 spiro atoms. The Bertz CT molecular complexity index is 629. The van der Waals surface area contributed by atoms with Crippen LogP contribution >= 0.6 is 26.6 Å². The number of amides is 1. The van der Waals surface area contributed by atoms with Crippen LogP contribution in [0.15, 0.2) is 21.5 Å². The summed E-state index contributed by atoms with van der Waals surface area (Å²) >= 11 is 3.26. The van der Waals surface area contributed by atoms with E-state index in [0.29, 0.717) is 28.1 Å². The van der Waals surface area contributed by atoms with Crippen molar-refractivity contribution in [1.82, 2.24) is 4.90 Å². The predicted octanol–water partition coefficient (Wildman–Crippen LogP) is 3.41. The van der Waals surface area contributed by atoms with Gasteiger partial charge in [-0.1, -0.05) is 29.8 Å². The van der Waals surface area contributed by atoms with Crippen molar-refractivity contribution in [2.24, 2.45) is 5.92 Å². The SMILES string of the molecule is Cc1c(Br)cc(C(=O)N(C)CC(C)C)cc1S(=O)(=O)Cl. The summed E-state index contributed by atoms with van der Waals surface area (Å²) in [5.74, 6) is 0.0926. The molecule has 0 unspecified atom stereocenters. The molecule has 0 aliphatic carbocycles. The van der Waals surface area contributed by atoms with Crippen molar-refractivity contribution < 1.29 is 13.2 Å². The molecular weight excluding hydrogens is 366 g/mol. The lowest BCUT2D eigenvalue weighted by Crippen LogP contribution is -2.30. The smallest absolute Gasteiger partial charge is 0.261 e. The fourth-order valence-corrected chi connectivity index (χ4v) is 3.70. The number of carbonyl (C=O) groups is 1. The van der Waals surface area contributed by atoms with Crippen LogP contribution in [0, 0.1) is 12.8 Å². The Morgan fingerprint density at radius 1 is 1.40 bits per heavy atom. The predicted molar refractivity (Wildman–Crippen MR) is 83.7 cm³/mol. The first kappa shape index (κ1) is 17.5. The summed E-state index contributed by atoms with van der Waals surface area (Å²) in [6.07, 6.45) is 0. The second-order valence-corrected chi connectivity index (χ2v) is 8.49. The standard InChI is InChI=1S/C13H17BrClNO3S/c1-8(2)7-16(4)13(17)10-5-11(14)9(3)12(6-10)20(15,18)19/h5-6,8H,7H2,1-4H3. The van der Waals surface area contributed by atoms with E-state index < -0.39 is 9.05 Å². The topological polar surface area (TPSA) is 54.5 Å². The average molecular weight is 383 g/mol. The van der Waals surface area contributed by atoms with Crippen molar-refractivity contribution in [3.63, 3.8) is 0 Å². The number of halogens is 2. The third-order valence-electron chi connectivity index (χ3n) is 2.79. The van der Waals surface area contributed by atoms with Gasteiger partial charge in [0.05, 0.1) is 4.90 Å². The molecule has 20 heavy (non-hydrogen) atoms. The number of rotatable bonds is 4. The maximum absolute atomic E-state index is 12.3. The minimum atomic E-state index is -3.89. The Kier molecular flexibility index (Phi) is 5.63. The Balaban J connectivity index is 3.28. The first-order valence-corrected chi connectivity index (χ1v) is 9.14. The molecular formula is C13H17BrClNO3S. The van der Waals surface area contributed by atoms with E-state index in [1.165, 1.54) is 6.07 Å². The normalized spacial score (nSPS) is 11.8. The molecule has 0 aliphatic rings. The first-order valence-electron chi connectivity index (χ1n) is 6.04. The first-order chi connectivity index (χ1) is 9.04. The molecule has 7 heteroatoms. The average Bonchev–Trinajstić information content (AvgIpc) is 2.29. The molecule has 0 bridgehead atoms. The number of benzene rings is 1. The third kappa shape index (κ3) is 4.20. The Hall–Kier alpha value is -0.590. The highest BCUT2D eigenvalue weighted by molar-refractivity contribution is 9.10. The van der Waals surface area contributed by atoms with Gasteiger partial charge in [-0.25, -0.2) is 8.42 Å². The number of carbonyl (C=O) groups excluding carboxylic acids is 1. The van der Waals surface area contributed by atoms with Gasteiger partial charge in [0.25, 0.3) is 15.0 Å². The van der Waals surface area contributed by atoms with E-state index in [1.54, 1.807) is 24.9 Å². The zero-order valence-corrected chi connectivity index (χ0v) is 14.9. The van der Waals surface area contributed by atoms with Crippen LogP contribution in [0.25, 0.3) is 0 Å². The highest BCUT2D eigenvalue weighted by Gasteiger charge is 2.21. The monoisotopic (exact) mass is 381 g/mol. The zero-order chi connectivity index (χ0) is 15.7. The largest absolute Gasteiger partial charge is 0.341 e. The minimum Gasteiger partial charge on any atom is -0.341 e. The number of hydrogen-bond donors (Lipinski definition) is 0. The lowest BCUT2D eigenvalue weighted by atomic mass is 10.1. The van der Waals surface area contributed by atoms with E-state index >= 15 is 0 Å². The molecule has 4 nitrogen and oxygen atoms in total.